The van der Waals surface area contributed by atoms with Crippen molar-refractivity contribution in [1.82, 2.24) is 9.62 Å². The van der Waals surface area contributed by atoms with Crippen molar-refractivity contribution >= 4 is 15.9 Å². The molecule has 1 amide bonds. The summed E-state index contributed by atoms with van der Waals surface area (Å²) in [6.07, 6.45) is 4.08. The van der Waals surface area contributed by atoms with Crippen molar-refractivity contribution in [2.75, 3.05) is 41.0 Å². The summed E-state index contributed by atoms with van der Waals surface area (Å²) in [7, 11) is 1.17. The number of nitrogens with zero attached hydrogens (tertiary/aromatic N) is 1. The lowest BCUT2D eigenvalue weighted by Gasteiger charge is -2.26. The first-order chi connectivity index (χ1) is 16.4. The zero-order chi connectivity index (χ0) is 24.6. The van der Waals surface area contributed by atoms with E-state index in [1.807, 2.05) is 18.2 Å². The minimum atomic E-state index is -3.55. The van der Waals surface area contributed by atoms with E-state index < -0.39 is 10.0 Å². The second-order valence-corrected chi connectivity index (χ2v) is 10.2. The molecule has 0 spiro atoms. The Morgan fingerprint density at radius 3 is 2.24 bits per heavy atom. The minimum absolute atomic E-state index is 0.105. The molecule has 2 aromatic carbocycles. The van der Waals surface area contributed by atoms with Crippen molar-refractivity contribution in [1.29, 1.82) is 0 Å². The van der Waals surface area contributed by atoms with Gasteiger partial charge in [0.25, 0.3) is 0 Å². The van der Waals surface area contributed by atoms with Crippen molar-refractivity contribution in [3.63, 3.8) is 0 Å². The van der Waals surface area contributed by atoms with Gasteiger partial charge in [0.05, 0.1) is 26.2 Å². The molecular formula is C25H34N2O6S. The molecule has 0 atom stereocenters. The first-order valence-corrected chi connectivity index (χ1v) is 13.0. The number of benzene rings is 2. The second kappa shape index (κ2) is 12.1. The molecule has 1 N–H and O–H groups in total. The van der Waals surface area contributed by atoms with E-state index in [9.17, 15) is 13.2 Å². The van der Waals surface area contributed by atoms with Crippen LogP contribution in [0.3, 0.4) is 0 Å². The van der Waals surface area contributed by atoms with Crippen LogP contribution in [0.5, 0.6) is 17.2 Å². The number of sulfonamides is 1. The summed E-state index contributed by atoms with van der Waals surface area (Å²) < 4.78 is 43.6. The fourth-order valence-electron chi connectivity index (χ4n) is 4.08. The van der Waals surface area contributed by atoms with Crippen LogP contribution in [-0.2, 0) is 27.7 Å². The van der Waals surface area contributed by atoms with E-state index in [0.717, 1.165) is 24.8 Å². The molecule has 0 unspecified atom stereocenters. The third-order valence-electron chi connectivity index (χ3n) is 6.01. The molecule has 0 radical (unpaired) electrons. The van der Waals surface area contributed by atoms with Crippen molar-refractivity contribution in [2.24, 2.45) is 0 Å². The summed E-state index contributed by atoms with van der Waals surface area (Å²) in [5.41, 5.74) is 1.73. The van der Waals surface area contributed by atoms with Crippen LogP contribution >= 0.6 is 0 Å². The summed E-state index contributed by atoms with van der Waals surface area (Å²) in [5, 5.41) is 2.92. The highest BCUT2D eigenvalue weighted by Crippen LogP contribution is 2.28. The van der Waals surface area contributed by atoms with Gasteiger partial charge in [-0.05, 0) is 67.1 Å². The number of hydrogen-bond acceptors (Lipinski definition) is 6. The quantitative estimate of drug-likeness (QED) is 0.520. The molecule has 8 nitrogen and oxygen atoms in total. The Kier molecular flexibility index (Phi) is 9.18. The molecule has 1 aliphatic heterocycles. The van der Waals surface area contributed by atoms with Gasteiger partial charge in [0.2, 0.25) is 15.9 Å². The van der Waals surface area contributed by atoms with Gasteiger partial charge in [-0.2, -0.15) is 4.31 Å². The number of aryl methyl sites for hydroxylation is 1. The highest BCUT2D eigenvalue weighted by Gasteiger charge is 2.26. The number of carbonyl (C=O) groups excluding carboxylic acids is 1. The van der Waals surface area contributed by atoms with Crippen molar-refractivity contribution in [3.05, 3.63) is 47.5 Å². The van der Waals surface area contributed by atoms with Crippen molar-refractivity contribution < 1.29 is 27.4 Å². The van der Waals surface area contributed by atoms with Crippen LogP contribution in [0.25, 0.3) is 0 Å². The molecular weight excluding hydrogens is 456 g/mol. The number of ether oxygens (including phenoxy) is 3. The maximum atomic E-state index is 13.0. The zero-order valence-corrected chi connectivity index (χ0v) is 20.9. The molecule has 0 bridgehead atoms. The average Bonchev–Trinajstić information content (AvgIpc) is 2.87. The van der Waals surface area contributed by atoms with E-state index in [4.69, 9.17) is 14.2 Å². The normalized spacial score (nSPS) is 14.4. The lowest BCUT2D eigenvalue weighted by molar-refractivity contribution is -0.121. The molecule has 0 aliphatic carbocycles. The molecule has 9 heteroatoms. The van der Waals surface area contributed by atoms with E-state index >= 15 is 0 Å². The van der Waals surface area contributed by atoms with E-state index in [1.54, 1.807) is 43.8 Å². The van der Waals surface area contributed by atoms with Crippen LogP contribution in [0.2, 0.25) is 0 Å². The molecule has 1 fully saturated rings. The Hall–Kier alpha value is -2.78. The van der Waals surface area contributed by atoms with Gasteiger partial charge in [0.1, 0.15) is 5.75 Å². The largest absolute Gasteiger partial charge is 0.496 e. The Bertz CT molecular complexity index is 1080. The number of rotatable bonds is 11. The smallest absolute Gasteiger partial charge is 0.243 e. The number of nitrogens with one attached hydrogen (secondary N) is 1. The Labute approximate surface area is 202 Å². The monoisotopic (exact) mass is 490 g/mol. The van der Waals surface area contributed by atoms with Gasteiger partial charge in [-0.1, -0.05) is 12.5 Å². The lowest BCUT2D eigenvalue weighted by atomic mass is 10.1. The van der Waals surface area contributed by atoms with Gasteiger partial charge in [-0.3, -0.25) is 4.79 Å². The molecule has 1 saturated heterocycles. The first kappa shape index (κ1) is 25.8. The topological polar surface area (TPSA) is 94.2 Å². The predicted octanol–water partition coefficient (Wildman–Crippen LogP) is 3.18. The zero-order valence-electron chi connectivity index (χ0n) is 20.1. The first-order valence-electron chi connectivity index (χ1n) is 11.5. The van der Waals surface area contributed by atoms with Gasteiger partial charge in [-0.25, -0.2) is 8.42 Å². The molecule has 186 valence electrons. The molecule has 1 heterocycles. The van der Waals surface area contributed by atoms with Crippen LogP contribution in [0, 0.1) is 0 Å². The third-order valence-corrected chi connectivity index (χ3v) is 7.90. The lowest BCUT2D eigenvalue weighted by Crippen LogP contribution is -2.35. The maximum absolute atomic E-state index is 13.0. The SMILES string of the molecule is COc1ccc(S(=O)(=O)N2CCCCC2)cc1CCC(=O)NCCc1ccc(OC)c(OC)c1. The standard InChI is InChI=1S/C25H34N2O6S/c1-31-22-11-9-21(34(29,30)27-15-5-4-6-16-27)18-20(22)8-12-25(28)26-14-13-19-7-10-23(32-2)24(17-19)33-3/h7,9-11,17-18H,4-6,8,12-16H2,1-3H3,(H,26,28). The summed E-state index contributed by atoms with van der Waals surface area (Å²) >= 11 is 0. The van der Waals surface area contributed by atoms with Crippen LogP contribution in [-0.4, -0.2) is 59.6 Å². The third kappa shape index (κ3) is 6.42. The molecule has 0 saturated carbocycles. The van der Waals surface area contributed by atoms with Crippen molar-refractivity contribution in [3.8, 4) is 17.2 Å². The fourth-order valence-corrected chi connectivity index (χ4v) is 5.65. The Morgan fingerprint density at radius 1 is 0.882 bits per heavy atom. The molecule has 2 aromatic rings. The van der Waals surface area contributed by atoms with Crippen LogP contribution in [0.1, 0.15) is 36.8 Å². The van der Waals surface area contributed by atoms with Crippen LogP contribution < -0.4 is 19.5 Å². The summed E-state index contributed by atoms with van der Waals surface area (Å²) in [5.74, 6) is 1.79. The fraction of sp³-hybridized carbons (Fsp3) is 0.480. The van der Waals surface area contributed by atoms with E-state index in [-0.39, 0.29) is 17.2 Å². The summed E-state index contributed by atoms with van der Waals surface area (Å²) in [6.45, 7) is 1.58. The van der Waals surface area contributed by atoms with Gasteiger partial charge >= 0.3 is 0 Å². The van der Waals surface area contributed by atoms with Crippen LogP contribution in [0.15, 0.2) is 41.3 Å². The van der Waals surface area contributed by atoms with Crippen LogP contribution in [0.4, 0.5) is 0 Å². The number of piperidine rings is 1. The van der Waals surface area contributed by atoms with Gasteiger partial charge in [0.15, 0.2) is 11.5 Å². The Morgan fingerprint density at radius 2 is 1.56 bits per heavy atom. The highest BCUT2D eigenvalue weighted by molar-refractivity contribution is 7.89. The maximum Gasteiger partial charge on any atom is 0.243 e. The molecule has 3 rings (SSSR count). The van der Waals surface area contributed by atoms with E-state index in [0.29, 0.717) is 55.3 Å². The summed E-state index contributed by atoms with van der Waals surface area (Å²) in [4.78, 5) is 12.7. The Balaban J connectivity index is 1.57. The van der Waals surface area contributed by atoms with E-state index in [2.05, 4.69) is 5.32 Å². The number of amides is 1. The number of methoxy groups -OCH3 is 3. The number of hydrogen-bond donors (Lipinski definition) is 1. The molecule has 0 aromatic heterocycles. The van der Waals surface area contributed by atoms with Gasteiger partial charge in [0, 0.05) is 26.1 Å². The van der Waals surface area contributed by atoms with E-state index in [1.165, 1.54) is 0 Å². The van der Waals surface area contributed by atoms with Gasteiger partial charge in [-0.15, -0.1) is 0 Å². The van der Waals surface area contributed by atoms with Crippen molar-refractivity contribution in [2.45, 2.75) is 43.4 Å². The second-order valence-electron chi connectivity index (χ2n) is 8.23. The average molecular weight is 491 g/mol. The molecule has 34 heavy (non-hydrogen) atoms. The highest BCUT2D eigenvalue weighted by atomic mass is 32.2. The molecule has 1 aliphatic rings. The van der Waals surface area contributed by atoms with Gasteiger partial charge < -0.3 is 19.5 Å². The predicted molar refractivity (Wildman–Crippen MR) is 130 cm³/mol. The summed E-state index contributed by atoms with van der Waals surface area (Å²) in [6, 6.07) is 10.6. The minimum Gasteiger partial charge on any atom is -0.496 e. The number of carbonyl (C=O) groups is 1.